The summed E-state index contributed by atoms with van der Waals surface area (Å²) in [6.45, 7) is 2.04. The molecule has 30 heavy (non-hydrogen) atoms. The van der Waals surface area contributed by atoms with Gasteiger partial charge in [0, 0.05) is 10.9 Å². The summed E-state index contributed by atoms with van der Waals surface area (Å²) in [6, 6.07) is 9.33. The van der Waals surface area contributed by atoms with Gasteiger partial charge in [0.15, 0.2) is 11.6 Å². The Morgan fingerprint density at radius 2 is 1.67 bits per heavy atom. The molecule has 0 fully saturated rings. The molecule has 1 nitrogen and oxygen atoms in total. The molecule has 0 saturated heterocycles. The molecule has 0 heterocycles. The summed E-state index contributed by atoms with van der Waals surface area (Å²) in [5, 5.41) is -0.255. The molecule has 0 N–H and O–H groups in total. The summed E-state index contributed by atoms with van der Waals surface area (Å²) in [6.07, 6.45) is -2.51. The van der Waals surface area contributed by atoms with Crippen LogP contribution in [-0.2, 0) is 6.42 Å². The van der Waals surface area contributed by atoms with Crippen molar-refractivity contribution in [2.45, 2.75) is 32.5 Å². The Morgan fingerprint density at radius 1 is 0.900 bits per heavy atom. The summed E-state index contributed by atoms with van der Waals surface area (Å²) < 4.78 is 82.9. The molecule has 0 atom stereocenters. The van der Waals surface area contributed by atoms with Crippen LogP contribution in [0.3, 0.4) is 0 Å². The van der Waals surface area contributed by atoms with Crippen molar-refractivity contribution in [2.24, 2.45) is 0 Å². The number of benzene rings is 3. The van der Waals surface area contributed by atoms with E-state index in [1.165, 1.54) is 24.3 Å². The van der Waals surface area contributed by atoms with Crippen LogP contribution in [0.4, 0.5) is 26.3 Å². The molecular formula is C23H16F6O. The monoisotopic (exact) mass is 422 g/mol. The molecule has 3 aromatic rings. The second-order valence-corrected chi connectivity index (χ2v) is 6.65. The Hall–Kier alpha value is -3.14. The number of fused-ring (bicyclic) bond motifs is 1. The van der Waals surface area contributed by atoms with E-state index in [0.29, 0.717) is 5.56 Å². The standard InChI is InChI=1S/C23H16F6O/c1-2-3-4-14-5-8-16(19(24)12-14)9-6-15-7-10-18-17(11-15)13-20(25)22(21(18)26)30-23(27,28)29/h5,7-8,10-13H,2-4H2,1H3. The Morgan fingerprint density at radius 3 is 2.33 bits per heavy atom. The highest BCUT2D eigenvalue weighted by atomic mass is 19.4. The number of unbranched alkanes of at least 4 members (excludes halogenated alkanes) is 1. The highest BCUT2D eigenvalue weighted by Crippen LogP contribution is 2.33. The van der Waals surface area contributed by atoms with E-state index in [9.17, 15) is 26.3 Å². The molecule has 0 aliphatic rings. The fourth-order valence-electron chi connectivity index (χ4n) is 2.93. The lowest BCUT2D eigenvalue weighted by Gasteiger charge is -2.12. The first-order valence-electron chi connectivity index (χ1n) is 9.16. The minimum absolute atomic E-state index is 0.00158. The number of hydrogen-bond acceptors (Lipinski definition) is 1. The molecule has 7 heteroatoms. The van der Waals surface area contributed by atoms with Gasteiger partial charge in [0.25, 0.3) is 0 Å². The van der Waals surface area contributed by atoms with Gasteiger partial charge in [-0.3, -0.25) is 0 Å². The van der Waals surface area contributed by atoms with Gasteiger partial charge >= 0.3 is 6.36 Å². The van der Waals surface area contributed by atoms with Crippen molar-refractivity contribution in [3.8, 4) is 17.6 Å². The first-order valence-corrected chi connectivity index (χ1v) is 9.16. The number of halogens is 6. The Kier molecular flexibility index (Phi) is 6.25. The van der Waals surface area contributed by atoms with Gasteiger partial charge in [-0.25, -0.2) is 13.2 Å². The van der Waals surface area contributed by atoms with Crippen LogP contribution in [-0.4, -0.2) is 6.36 Å². The molecule has 0 aliphatic carbocycles. The van der Waals surface area contributed by atoms with Gasteiger partial charge in [-0.2, -0.15) is 0 Å². The SMILES string of the molecule is CCCCc1ccc(C#Cc2ccc3c(F)c(OC(F)(F)F)c(F)cc3c2)c(F)c1. The molecule has 3 rings (SSSR count). The minimum atomic E-state index is -5.23. The van der Waals surface area contributed by atoms with Crippen molar-refractivity contribution in [3.63, 3.8) is 0 Å². The van der Waals surface area contributed by atoms with E-state index in [2.05, 4.69) is 16.6 Å². The van der Waals surface area contributed by atoms with Crippen molar-refractivity contribution in [3.05, 3.63) is 76.6 Å². The van der Waals surface area contributed by atoms with Gasteiger partial charge in [-0.15, -0.1) is 13.2 Å². The molecule has 156 valence electrons. The largest absolute Gasteiger partial charge is 0.573 e. The van der Waals surface area contributed by atoms with Gasteiger partial charge < -0.3 is 4.74 Å². The fraction of sp³-hybridized carbons (Fsp3) is 0.217. The lowest BCUT2D eigenvalue weighted by molar-refractivity contribution is -0.276. The van der Waals surface area contributed by atoms with Gasteiger partial charge in [-0.05, 0) is 54.1 Å². The van der Waals surface area contributed by atoms with Crippen molar-refractivity contribution >= 4 is 10.8 Å². The molecular weight excluding hydrogens is 406 g/mol. The van der Waals surface area contributed by atoms with Crippen LogP contribution in [0, 0.1) is 29.3 Å². The fourth-order valence-corrected chi connectivity index (χ4v) is 2.93. The van der Waals surface area contributed by atoms with E-state index in [0.717, 1.165) is 30.9 Å². The van der Waals surface area contributed by atoms with E-state index in [4.69, 9.17) is 0 Å². The predicted molar refractivity (Wildman–Crippen MR) is 102 cm³/mol. The number of aryl methyl sites for hydroxylation is 1. The second kappa shape index (κ2) is 8.70. The predicted octanol–water partition coefficient (Wildman–Crippen LogP) is 6.90. The Bertz CT molecular complexity index is 1140. The Balaban J connectivity index is 1.91. The van der Waals surface area contributed by atoms with Crippen LogP contribution >= 0.6 is 0 Å². The van der Waals surface area contributed by atoms with E-state index in [1.54, 1.807) is 12.1 Å². The van der Waals surface area contributed by atoms with Gasteiger partial charge in [0.05, 0.1) is 5.56 Å². The third-order valence-corrected chi connectivity index (χ3v) is 4.40. The maximum Gasteiger partial charge on any atom is 0.573 e. The highest BCUT2D eigenvalue weighted by Gasteiger charge is 2.34. The highest BCUT2D eigenvalue weighted by molar-refractivity contribution is 5.86. The van der Waals surface area contributed by atoms with Crippen molar-refractivity contribution in [1.82, 2.24) is 0 Å². The van der Waals surface area contributed by atoms with Crippen molar-refractivity contribution < 1.29 is 31.1 Å². The van der Waals surface area contributed by atoms with Crippen LogP contribution in [0.15, 0.2) is 42.5 Å². The van der Waals surface area contributed by atoms with E-state index in [-0.39, 0.29) is 16.3 Å². The van der Waals surface area contributed by atoms with Gasteiger partial charge in [0.2, 0.25) is 5.75 Å². The van der Waals surface area contributed by atoms with E-state index < -0.39 is 29.6 Å². The average molecular weight is 422 g/mol. The smallest absolute Gasteiger partial charge is 0.399 e. The number of rotatable bonds is 4. The van der Waals surface area contributed by atoms with Crippen LogP contribution in [0.5, 0.6) is 5.75 Å². The zero-order chi connectivity index (χ0) is 21.9. The second-order valence-electron chi connectivity index (χ2n) is 6.65. The maximum absolute atomic E-state index is 14.3. The first kappa shape index (κ1) is 21.6. The van der Waals surface area contributed by atoms with Crippen molar-refractivity contribution in [1.29, 1.82) is 0 Å². The van der Waals surface area contributed by atoms with Crippen molar-refractivity contribution in [2.75, 3.05) is 0 Å². The van der Waals surface area contributed by atoms with Gasteiger partial charge in [-0.1, -0.05) is 37.3 Å². The zero-order valence-electron chi connectivity index (χ0n) is 15.8. The van der Waals surface area contributed by atoms with Crippen LogP contribution in [0.2, 0.25) is 0 Å². The van der Waals surface area contributed by atoms with Crippen LogP contribution in [0.25, 0.3) is 10.8 Å². The Labute approximate surface area is 169 Å². The average Bonchev–Trinajstić information content (AvgIpc) is 2.68. The number of alkyl halides is 3. The quantitative estimate of drug-likeness (QED) is 0.328. The van der Waals surface area contributed by atoms with E-state index in [1.807, 2.05) is 6.92 Å². The minimum Gasteiger partial charge on any atom is -0.399 e. The summed E-state index contributed by atoms with van der Waals surface area (Å²) in [5.74, 6) is 0.429. The third-order valence-electron chi connectivity index (χ3n) is 4.40. The molecule has 0 aromatic heterocycles. The molecule has 0 spiro atoms. The number of ether oxygens (including phenoxy) is 1. The van der Waals surface area contributed by atoms with Crippen LogP contribution in [0.1, 0.15) is 36.5 Å². The van der Waals surface area contributed by atoms with E-state index >= 15 is 0 Å². The molecule has 0 aliphatic heterocycles. The third kappa shape index (κ3) is 5.07. The summed E-state index contributed by atoms with van der Waals surface area (Å²) in [4.78, 5) is 0. The summed E-state index contributed by atoms with van der Waals surface area (Å²) in [5.41, 5.74) is 1.36. The topological polar surface area (TPSA) is 9.23 Å². The van der Waals surface area contributed by atoms with Gasteiger partial charge in [0.1, 0.15) is 5.82 Å². The molecule has 0 saturated carbocycles. The molecule has 0 bridgehead atoms. The summed E-state index contributed by atoms with van der Waals surface area (Å²) in [7, 11) is 0. The zero-order valence-corrected chi connectivity index (χ0v) is 15.8. The molecule has 0 unspecified atom stereocenters. The lowest BCUT2D eigenvalue weighted by Crippen LogP contribution is -2.19. The maximum atomic E-state index is 14.3. The lowest BCUT2D eigenvalue weighted by atomic mass is 10.0. The number of hydrogen-bond donors (Lipinski definition) is 0. The normalized spacial score (nSPS) is 11.3. The molecule has 0 radical (unpaired) electrons. The molecule has 0 amide bonds. The first-order chi connectivity index (χ1) is 14.2. The molecule has 3 aromatic carbocycles. The summed E-state index contributed by atoms with van der Waals surface area (Å²) >= 11 is 0. The van der Waals surface area contributed by atoms with Crippen LogP contribution < -0.4 is 4.74 Å².